The van der Waals surface area contributed by atoms with Crippen molar-refractivity contribution in [3.8, 4) is 11.5 Å². The van der Waals surface area contributed by atoms with Crippen molar-refractivity contribution in [2.45, 2.75) is 13.8 Å². The molecule has 6 heteroatoms. The Morgan fingerprint density at radius 3 is 2.19 bits per heavy atom. The molecule has 1 N–H and O–H groups in total. The lowest BCUT2D eigenvalue weighted by Gasteiger charge is -2.12. The molecule has 0 fully saturated rings. The Labute approximate surface area is 158 Å². The number of likely N-dealkylation sites (N-methyl/N-ethyl adjacent to an activating group) is 1. The van der Waals surface area contributed by atoms with Gasteiger partial charge in [-0.15, -0.1) is 0 Å². The zero-order valence-corrected chi connectivity index (χ0v) is 16.0. The van der Waals surface area contributed by atoms with Gasteiger partial charge in [0.25, 0.3) is 11.8 Å². The molecular weight excluding hydrogens is 344 g/mol. The van der Waals surface area contributed by atoms with Crippen LogP contribution in [0.4, 0.5) is 5.69 Å². The number of ether oxygens (including phenoxy) is 2. The average Bonchev–Trinajstić information content (AvgIpc) is 2.88. The summed E-state index contributed by atoms with van der Waals surface area (Å²) in [7, 11) is 4.54. The van der Waals surface area contributed by atoms with Gasteiger partial charge >= 0.3 is 0 Å². The van der Waals surface area contributed by atoms with Crippen LogP contribution in [0, 0.1) is 13.8 Å². The summed E-state index contributed by atoms with van der Waals surface area (Å²) >= 11 is 0. The van der Waals surface area contributed by atoms with Crippen molar-refractivity contribution in [2.24, 2.45) is 0 Å². The molecule has 0 bridgehead atoms. The molecule has 0 saturated carbocycles. The van der Waals surface area contributed by atoms with E-state index in [1.165, 1.54) is 14.2 Å². The van der Waals surface area contributed by atoms with Gasteiger partial charge in [-0.3, -0.25) is 14.5 Å². The molecule has 1 aliphatic heterocycles. The van der Waals surface area contributed by atoms with Crippen molar-refractivity contribution in [2.75, 3.05) is 26.6 Å². The molecule has 0 aromatic heterocycles. The molecule has 2 aromatic rings. The van der Waals surface area contributed by atoms with Crippen LogP contribution in [0.5, 0.6) is 11.5 Å². The summed E-state index contributed by atoms with van der Waals surface area (Å²) in [6, 6.07) is 11.0. The van der Waals surface area contributed by atoms with Gasteiger partial charge in [-0.2, -0.15) is 0 Å². The fourth-order valence-corrected chi connectivity index (χ4v) is 2.98. The van der Waals surface area contributed by atoms with Gasteiger partial charge in [0.15, 0.2) is 11.5 Å². The van der Waals surface area contributed by atoms with Crippen molar-refractivity contribution >= 4 is 23.1 Å². The largest absolute Gasteiger partial charge is 0.493 e. The highest BCUT2D eigenvalue weighted by Gasteiger charge is 2.37. The number of benzene rings is 2. The van der Waals surface area contributed by atoms with Gasteiger partial charge in [-0.05, 0) is 54.8 Å². The van der Waals surface area contributed by atoms with Gasteiger partial charge in [0, 0.05) is 12.7 Å². The van der Waals surface area contributed by atoms with Crippen molar-refractivity contribution in [1.29, 1.82) is 0 Å². The molecular formula is C21H22N2O4. The molecule has 0 unspecified atom stereocenters. The number of nitrogens with zero attached hydrogens (tertiary/aromatic N) is 1. The highest BCUT2D eigenvalue weighted by Crippen LogP contribution is 2.35. The summed E-state index contributed by atoms with van der Waals surface area (Å²) in [5.74, 6) is 0.306. The predicted molar refractivity (Wildman–Crippen MR) is 104 cm³/mol. The zero-order valence-electron chi connectivity index (χ0n) is 16.0. The Kier molecular flexibility index (Phi) is 4.90. The van der Waals surface area contributed by atoms with Crippen LogP contribution in [-0.4, -0.2) is 38.0 Å². The van der Waals surface area contributed by atoms with Crippen LogP contribution in [0.3, 0.4) is 0 Å². The summed E-state index contributed by atoms with van der Waals surface area (Å²) < 4.78 is 10.6. The lowest BCUT2D eigenvalue weighted by Crippen LogP contribution is -2.27. The first-order valence-corrected chi connectivity index (χ1v) is 8.50. The second-order valence-electron chi connectivity index (χ2n) is 6.41. The molecule has 27 heavy (non-hydrogen) atoms. The lowest BCUT2D eigenvalue weighted by atomic mass is 10.0. The number of amides is 2. The number of rotatable bonds is 5. The van der Waals surface area contributed by atoms with Crippen LogP contribution in [0.15, 0.2) is 42.1 Å². The van der Waals surface area contributed by atoms with Crippen molar-refractivity contribution in [3.05, 3.63) is 58.8 Å². The van der Waals surface area contributed by atoms with Gasteiger partial charge in [0.1, 0.15) is 5.70 Å². The number of imide groups is 1. The molecule has 2 aromatic carbocycles. The molecule has 140 valence electrons. The number of methoxy groups -OCH3 is 2. The smallest absolute Gasteiger partial charge is 0.277 e. The van der Waals surface area contributed by atoms with Crippen molar-refractivity contribution < 1.29 is 19.1 Å². The average molecular weight is 366 g/mol. The Morgan fingerprint density at radius 2 is 1.56 bits per heavy atom. The second kappa shape index (κ2) is 7.15. The van der Waals surface area contributed by atoms with E-state index in [0.717, 1.165) is 21.7 Å². The summed E-state index contributed by atoms with van der Waals surface area (Å²) in [4.78, 5) is 26.5. The predicted octanol–water partition coefficient (Wildman–Crippen LogP) is 3.14. The Morgan fingerprint density at radius 1 is 0.852 bits per heavy atom. The van der Waals surface area contributed by atoms with Crippen LogP contribution >= 0.6 is 0 Å². The molecule has 0 spiro atoms. The third kappa shape index (κ3) is 3.26. The van der Waals surface area contributed by atoms with Gasteiger partial charge in [-0.1, -0.05) is 12.1 Å². The molecule has 2 amide bonds. The van der Waals surface area contributed by atoms with E-state index in [4.69, 9.17) is 9.47 Å². The Balaban J connectivity index is 2.11. The summed E-state index contributed by atoms with van der Waals surface area (Å²) in [6.07, 6.45) is 0. The van der Waals surface area contributed by atoms with Crippen LogP contribution in [0.2, 0.25) is 0 Å². The highest BCUT2D eigenvalue weighted by atomic mass is 16.5. The van der Waals surface area contributed by atoms with E-state index in [1.807, 2.05) is 32.0 Å². The first-order chi connectivity index (χ1) is 12.9. The molecule has 3 rings (SSSR count). The van der Waals surface area contributed by atoms with Crippen LogP contribution in [0.1, 0.15) is 16.7 Å². The molecule has 0 radical (unpaired) electrons. The second-order valence-corrected chi connectivity index (χ2v) is 6.41. The van der Waals surface area contributed by atoms with E-state index in [9.17, 15) is 9.59 Å². The minimum absolute atomic E-state index is 0.248. The number of aryl methyl sites for hydroxylation is 2. The van der Waals surface area contributed by atoms with Crippen molar-refractivity contribution in [1.82, 2.24) is 4.90 Å². The standard InChI is InChI=1S/C21H22N2O4/c1-12-6-8-15(10-13(12)2)22-19-18(20(24)23(3)21(19)25)14-7-9-16(26-4)17(11-14)27-5/h6-11,22H,1-5H3. The number of anilines is 1. The molecule has 0 saturated heterocycles. The Bertz CT molecular complexity index is 963. The van der Waals surface area contributed by atoms with Gasteiger partial charge < -0.3 is 14.8 Å². The summed E-state index contributed by atoms with van der Waals surface area (Å²) in [5.41, 5.74) is 4.14. The first-order valence-electron chi connectivity index (χ1n) is 8.50. The third-order valence-electron chi connectivity index (χ3n) is 4.74. The minimum atomic E-state index is -0.372. The first kappa shape index (κ1) is 18.5. The lowest BCUT2D eigenvalue weighted by molar-refractivity contribution is -0.135. The summed E-state index contributed by atoms with van der Waals surface area (Å²) in [5, 5.41) is 3.13. The van der Waals surface area contributed by atoms with Gasteiger partial charge in [-0.25, -0.2) is 0 Å². The molecule has 1 heterocycles. The van der Waals surface area contributed by atoms with E-state index in [-0.39, 0.29) is 17.5 Å². The number of hydrogen-bond donors (Lipinski definition) is 1. The quantitative estimate of drug-likeness (QED) is 0.824. The van der Waals surface area contributed by atoms with E-state index in [2.05, 4.69) is 5.32 Å². The zero-order chi connectivity index (χ0) is 19.7. The number of nitrogens with one attached hydrogen (secondary N) is 1. The van der Waals surface area contributed by atoms with E-state index in [0.29, 0.717) is 22.6 Å². The monoisotopic (exact) mass is 366 g/mol. The van der Waals surface area contributed by atoms with Gasteiger partial charge in [0.2, 0.25) is 0 Å². The third-order valence-corrected chi connectivity index (χ3v) is 4.74. The van der Waals surface area contributed by atoms with Crippen LogP contribution in [-0.2, 0) is 9.59 Å². The molecule has 1 aliphatic rings. The fraction of sp³-hybridized carbons (Fsp3) is 0.238. The number of hydrogen-bond acceptors (Lipinski definition) is 5. The maximum absolute atomic E-state index is 12.7. The SMILES string of the molecule is COc1ccc(C2=C(Nc3ccc(C)c(C)c3)C(=O)N(C)C2=O)cc1OC. The molecule has 0 atom stereocenters. The molecule has 6 nitrogen and oxygen atoms in total. The van der Waals surface area contributed by atoms with Crippen LogP contribution < -0.4 is 14.8 Å². The topological polar surface area (TPSA) is 67.9 Å². The van der Waals surface area contributed by atoms with Gasteiger partial charge in [0.05, 0.1) is 19.8 Å². The minimum Gasteiger partial charge on any atom is -0.493 e. The molecule has 0 aliphatic carbocycles. The maximum Gasteiger partial charge on any atom is 0.277 e. The van der Waals surface area contributed by atoms with Crippen molar-refractivity contribution in [3.63, 3.8) is 0 Å². The van der Waals surface area contributed by atoms with E-state index < -0.39 is 0 Å². The number of carbonyl (C=O) groups is 2. The highest BCUT2D eigenvalue weighted by molar-refractivity contribution is 6.36. The van der Waals surface area contributed by atoms with E-state index in [1.54, 1.807) is 25.3 Å². The maximum atomic E-state index is 12.7. The normalized spacial score (nSPS) is 14.0. The summed E-state index contributed by atoms with van der Waals surface area (Å²) in [6.45, 7) is 4.02. The fourth-order valence-electron chi connectivity index (χ4n) is 2.98. The Hall–Kier alpha value is -3.28. The number of carbonyl (C=O) groups excluding carboxylic acids is 2. The van der Waals surface area contributed by atoms with E-state index >= 15 is 0 Å². The van der Waals surface area contributed by atoms with Crippen LogP contribution in [0.25, 0.3) is 5.57 Å².